The van der Waals surface area contributed by atoms with Crippen LogP contribution in [0.3, 0.4) is 0 Å². The Bertz CT molecular complexity index is 1090. The number of morpholine rings is 1. The SMILES string of the molecule is CC1CN(C(CNS(=O)(=O)c2ccc(N3CCCC3=O)cc2)c2c(F)cccc2Cl)CCO1. The second kappa shape index (κ2) is 10.1. The minimum atomic E-state index is -3.87. The van der Waals surface area contributed by atoms with Gasteiger partial charge in [0.25, 0.3) is 0 Å². The number of nitrogens with zero attached hydrogens (tertiary/aromatic N) is 2. The number of carbonyl (C=O) groups is 1. The van der Waals surface area contributed by atoms with E-state index in [0.717, 1.165) is 6.42 Å². The molecule has 2 unspecified atom stereocenters. The monoisotopic (exact) mass is 495 g/mol. The van der Waals surface area contributed by atoms with E-state index in [-0.39, 0.29) is 34.0 Å². The van der Waals surface area contributed by atoms with Crippen molar-refractivity contribution in [1.82, 2.24) is 9.62 Å². The Labute approximate surface area is 198 Å². The molecule has 2 heterocycles. The van der Waals surface area contributed by atoms with Crippen molar-refractivity contribution in [3.63, 3.8) is 0 Å². The first kappa shape index (κ1) is 24.1. The molecular formula is C23H27ClFN3O4S. The van der Waals surface area contributed by atoms with E-state index in [0.29, 0.717) is 38.3 Å². The summed E-state index contributed by atoms with van der Waals surface area (Å²) >= 11 is 6.33. The second-order valence-electron chi connectivity index (χ2n) is 8.32. The van der Waals surface area contributed by atoms with Crippen LogP contribution in [-0.4, -0.2) is 58.1 Å². The van der Waals surface area contributed by atoms with E-state index in [4.69, 9.17) is 16.3 Å². The maximum atomic E-state index is 14.8. The Hall–Kier alpha value is -2.04. The van der Waals surface area contributed by atoms with E-state index in [1.54, 1.807) is 23.1 Å². The molecule has 33 heavy (non-hydrogen) atoms. The molecule has 2 fully saturated rings. The number of anilines is 1. The molecule has 0 bridgehead atoms. The lowest BCUT2D eigenvalue weighted by atomic mass is 10.0. The van der Waals surface area contributed by atoms with Gasteiger partial charge in [0.15, 0.2) is 0 Å². The summed E-state index contributed by atoms with van der Waals surface area (Å²) in [6.45, 7) is 4.01. The number of halogens is 2. The number of sulfonamides is 1. The highest BCUT2D eigenvalue weighted by Gasteiger charge is 2.31. The van der Waals surface area contributed by atoms with Crippen molar-refractivity contribution >= 4 is 33.2 Å². The van der Waals surface area contributed by atoms with Crippen molar-refractivity contribution in [3.05, 3.63) is 58.9 Å². The van der Waals surface area contributed by atoms with Crippen LogP contribution in [0, 0.1) is 5.82 Å². The van der Waals surface area contributed by atoms with Crippen molar-refractivity contribution in [1.29, 1.82) is 0 Å². The first-order valence-electron chi connectivity index (χ1n) is 11.0. The molecule has 4 rings (SSSR count). The molecule has 2 aromatic carbocycles. The van der Waals surface area contributed by atoms with Crippen molar-refractivity contribution in [2.75, 3.05) is 37.7 Å². The van der Waals surface area contributed by atoms with Crippen LogP contribution in [0.4, 0.5) is 10.1 Å². The van der Waals surface area contributed by atoms with Crippen LogP contribution in [-0.2, 0) is 19.6 Å². The maximum Gasteiger partial charge on any atom is 0.240 e. The zero-order valence-corrected chi connectivity index (χ0v) is 19.9. The number of hydrogen-bond donors (Lipinski definition) is 1. The normalized spacial score (nSPS) is 20.9. The Morgan fingerprint density at radius 1 is 1.21 bits per heavy atom. The molecule has 0 spiro atoms. The van der Waals surface area contributed by atoms with Crippen molar-refractivity contribution in [2.45, 2.75) is 36.8 Å². The highest BCUT2D eigenvalue weighted by molar-refractivity contribution is 7.89. The molecule has 10 heteroatoms. The van der Waals surface area contributed by atoms with Crippen LogP contribution in [0.15, 0.2) is 47.4 Å². The second-order valence-corrected chi connectivity index (χ2v) is 10.5. The molecule has 0 aromatic heterocycles. The Kier molecular flexibility index (Phi) is 7.35. The van der Waals surface area contributed by atoms with E-state index in [9.17, 15) is 17.6 Å². The van der Waals surface area contributed by atoms with Gasteiger partial charge in [-0.3, -0.25) is 9.69 Å². The predicted octanol–water partition coefficient (Wildman–Crippen LogP) is 3.35. The van der Waals surface area contributed by atoms with Crippen LogP contribution < -0.4 is 9.62 Å². The number of rotatable bonds is 7. The number of amides is 1. The Morgan fingerprint density at radius 2 is 1.97 bits per heavy atom. The molecule has 2 atom stereocenters. The molecule has 2 aromatic rings. The fourth-order valence-electron chi connectivity index (χ4n) is 4.37. The first-order chi connectivity index (χ1) is 15.8. The van der Waals surface area contributed by atoms with Crippen LogP contribution in [0.25, 0.3) is 0 Å². The van der Waals surface area contributed by atoms with Gasteiger partial charge < -0.3 is 9.64 Å². The van der Waals surface area contributed by atoms with E-state index in [1.165, 1.54) is 24.3 Å². The Balaban J connectivity index is 1.54. The summed E-state index contributed by atoms with van der Waals surface area (Å²) in [6.07, 6.45) is 1.23. The fraction of sp³-hybridized carbons (Fsp3) is 0.435. The summed E-state index contributed by atoms with van der Waals surface area (Å²) in [7, 11) is -3.87. The average Bonchev–Trinajstić information content (AvgIpc) is 3.21. The highest BCUT2D eigenvalue weighted by atomic mass is 35.5. The summed E-state index contributed by atoms with van der Waals surface area (Å²) in [5.41, 5.74) is 0.939. The van der Waals surface area contributed by atoms with Gasteiger partial charge in [-0.25, -0.2) is 17.5 Å². The molecule has 0 radical (unpaired) electrons. The summed E-state index contributed by atoms with van der Waals surface area (Å²) in [6, 6.07) is 10.1. The van der Waals surface area contributed by atoms with Gasteiger partial charge in [0.05, 0.1) is 23.6 Å². The summed E-state index contributed by atoms with van der Waals surface area (Å²) in [4.78, 5) is 15.7. The minimum absolute atomic E-state index is 0.0353. The largest absolute Gasteiger partial charge is 0.376 e. The molecule has 178 valence electrons. The highest BCUT2D eigenvalue weighted by Crippen LogP contribution is 2.31. The number of nitrogens with one attached hydrogen (secondary N) is 1. The molecule has 2 saturated heterocycles. The average molecular weight is 496 g/mol. The van der Waals surface area contributed by atoms with Crippen LogP contribution in [0.5, 0.6) is 0 Å². The lowest BCUT2D eigenvalue weighted by molar-refractivity contribution is -0.117. The number of benzene rings is 2. The fourth-order valence-corrected chi connectivity index (χ4v) is 5.70. The first-order valence-corrected chi connectivity index (χ1v) is 12.8. The summed E-state index contributed by atoms with van der Waals surface area (Å²) < 4.78 is 49.0. The molecule has 2 aliphatic rings. The molecule has 1 N–H and O–H groups in total. The van der Waals surface area contributed by atoms with Gasteiger partial charge in [-0.1, -0.05) is 17.7 Å². The van der Waals surface area contributed by atoms with Gasteiger partial charge in [0.1, 0.15) is 5.82 Å². The van der Waals surface area contributed by atoms with E-state index >= 15 is 0 Å². The van der Waals surface area contributed by atoms with Crippen molar-refractivity contribution in [2.24, 2.45) is 0 Å². The van der Waals surface area contributed by atoms with Crippen molar-refractivity contribution in [3.8, 4) is 0 Å². The maximum absolute atomic E-state index is 14.8. The third-order valence-corrected chi connectivity index (χ3v) is 7.81. The van der Waals surface area contributed by atoms with Gasteiger partial charge in [-0.05, 0) is 49.7 Å². The summed E-state index contributed by atoms with van der Waals surface area (Å²) in [5.74, 6) is -0.446. The van der Waals surface area contributed by atoms with Gasteiger partial charge in [0.2, 0.25) is 15.9 Å². The molecule has 0 saturated carbocycles. The summed E-state index contributed by atoms with van der Waals surface area (Å²) in [5, 5.41) is 0.248. The predicted molar refractivity (Wildman–Crippen MR) is 124 cm³/mol. The van der Waals surface area contributed by atoms with Crippen molar-refractivity contribution < 1.29 is 22.3 Å². The third kappa shape index (κ3) is 5.38. The Morgan fingerprint density at radius 3 is 2.61 bits per heavy atom. The zero-order chi connectivity index (χ0) is 23.6. The van der Waals surface area contributed by atoms with Crippen LogP contribution in [0.1, 0.15) is 31.4 Å². The van der Waals surface area contributed by atoms with E-state index in [2.05, 4.69) is 4.72 Å². The van der Waals surface area contributed by atoms with Gasteiger partial charge in [-0.2, -0.15) is 0 Å². The van der Waals surface area contributed by atoms with E-state index in [1.807, 2.05) is 11.8 Å². The number of ether oxygens (including phenoxy) is 1. The minimum Gasteiger partial charge on any atom is -0.376 e. The van der Waals surface area contributed by atoms with Gasteiger partial charge >= 0.3 is 0 Å². The lowest BCUT2D eigenvalue weighted by Gasteiger charge is -2.38. The standard InChI is InChI=1S/C23H27ClFN3O4S/c1-16-15-27(12-13-32-16)21(23-19(24)4-2-5-20(23)25)14-26-33(30,31)18-9-7-17(8-10-18)28-11-3-6-22(28)29/h2,4-5,7-10,16,21,26H,3,6,11-15H2,1H3. The number of hydrogen-bond acceptors (Lipinski definition) is 5. The number of carbonyl (C=O) groups excluding carboxylic acids is 1. The zero-order valence-electron chi connectivity index (χ0n) is 18.3. The molecule has 7 nitrogen and oxygen atoms in total. The van der Waals surface area contributed by atoms with E-state index < -0.39 is 21.9 Å². The molecule has 0 aliphatic carbocycles. The quantitative estimate of drug-likeness (QED) is 0.637. The molecule has 2 aliphatic heterocycles. The third-order valence-electron chi connectivity index (χ3n) is 6.05. The topological polar surface area (TPSA) is 79.0 Å². The smallest absolute Gasteiger partial charge is 0.240 e. The lowest BCUT2D eigenvalue weighted by Crippen LogP contribution is -2.46. The van der Waals surface area contributed by atoms with Crippen LogP contribution in [0.2, 0.25) is 5.02 Å². The molecular weight excluding hydrogens is 469 g/mol. The van der Waals surface area contributed by atoms with Gasteiger partial charge in [0, 0.05) is 48.9 Å². The van der Waals surface area contributed by atoms with Gasteiger partial charge in [-0.15, -0.1) is 0 Å². The van der Waals surface area contributed by atoms with Crippen LogP contribution >= 0.6 is 11.6 Å². The molecule has 1 amide bonds.